The summed E-state index contributed by atoms with van der Waals surface area (Å²) in [5, 5.41) is 11.4. The molecule has 7 heteroatoms. The van der Waals surface area contributed by atoms with Crippen LogP contribution < -0.4 is 10.1 Å². The van der Waals surface area contributed by atoms with Crippen molar-refractivity contribution in [1.82, 2.24) is 15.5 Å². The van der Waals surface area contributed by atoms with Crippen molar-refractivity contribution in [3.63, 3.8) is 0 Å². The van der Waals surface area contributed by atoms with Crippen molar-refractivity contribution in [3.05, 3.63) is 36.2 Å². The predicted molar refractivity (Wildman–Crippen MR) is 95.4 cm³/mol. The molecule has 134 valence electrons. The topological polar surface area (TPSA) is 77.2 Å². The fraction of sp³-hybridized carbons (Fsp3) is 0.500. The standard InChI is InChI=1S/C18H23N3O3S/c1-13-7-5-6-10-15(13)19-16(22)12-25-18-21-20-17(24-18)11-23-14-8-3-2-4-9-14/h2-4,8-9,13,15H,5-7,10-12H2,1H3,(H,19,22)/t13-,15-/m0/s1. The average Bonchev–Trinajstić information content (AvgIpc) is 3.09. The summed E-state index contributed by atoms with van der Waals surface area (Å²) in [5.74, 6) is 1.99. The van der Waals surface area contributed by atoms with Crippen LogP contribution >= 0.6 is 11.8 Å². The Balaban J connectivity index is 1.41. The second kappa shape index (κ2) is 8.89. The first-order valence-corrected chi connectivity index (χ1v) is 9.61. The Morgan fingerprint density at radius 2 is 2.08 bits per heavy atom. The van der Waals surface area contributed by atoms with Crippen molar-refractivity contribution < 1.29 is 13.9 Å². The summed E-state index contributed by atoms with van der Waals surface area (Å²) in [7, 11) is 0. The van der Waals surface area contributed by atoms with Crippen LogP contribution in [-0.2, 0) is 11.4 Å². The van der Waals surface area contributed by atoms with E-state index in [0.717, 1.165) is 12.2 Å². The number of ether oxygens (including phenoxy) is 1. The van der Waals surface area contributed by atoms with E-state index in [-0.39, 0.29) is 18.3 Å². The normalized spacial score (nSPS) is 20.2. The van der Waals surface area contributed by atoms with Crippen molar-refractivity contribution in [2.45, 2.75) is 50.5 Å². The molecular weight excluding hydrogens is 338 g/mol. The summed E-state index contributed by atoms with van der Waals surface area (Å²) in [6, 6.07) is 9.74. The minimum Gasteiger partial charge on any atom is -0.484 e. The lowest BCUT2D eigenvalue weighted by Gasteiger charge is -2.29. The average molecular weight is 361 g/mol. The van der Waals surface area contributed by atoms with Crippen LogP contribution in [0.4, 0.5) is 0 Å². The van der Waals surface area contributed by atoms with Gasteiger partial charge in [-0.15, -0.1) is 10.2 Å². The number of thioether (sulfide) groups is 1. The quantitative estimate of drug-likeness (QED) is 0.761. The minimum atomic E-state index is 0.0176. The molecule has 3 rings (SSSR count). The van der Waals surface area contributed by atoms with E-state index in [4.69, 9.17) is 9.15 Å². The third-order valence-corrected chi connectivity index (χ3v) is 5.16. The molecule has 2 atom stereocenters. The van der Waals surface area contributed by atoms with Crippen molar-refractivity contribution in [1.29, 1.82) is 0 Å². The number of nitrogens with zero attached hydrogens (tertiary/aromatic N) is 2. The van der Waals surface area contributed by atoms with Gasteiger partial charge in [-0.05, 0) is 30.9 Å². The van der Waals surface area contributed by atoms with Crippen LogP contribution in [0.25, 0.3) is 0 Å². The monoisotopic (exact) mass is 361 g/mol. The SMILES string of the molecule is C[C@H]1CCCC[C@@H]1NC(=O)CSc1nnc(COc2ccccc2)o1. The lowest BCUT2D eigenvalue weighted by atomic mass is 9.86. The second-order valence-electron chi connectivity index (χ2n) is 6.29. The first-order chi connectivity index (χ1) is 12.2. The summed E-state index contributed by atoms with van der Waals surface area (Å²) in [5.41, 5.74) is 0. The van der Waals surface area contributed by atoms with Gasteiger partial charge in [-0.1, -0.05) is 49.7 Å². The second-order valence-corrected chi connectivity index (χ2v) is 7.21. The number of carbonyl (C=O) groups excluding carboxylic acids is 1. The molecule has 0 aliphatic heterocycles. The fourth-order valence-corrected chi connectivity index (χ4v) is 3.51. The largest absolute Gasteiger partial charge is 0.484 e. The van der Waals surface area contributed by atoms with Gasteiger partial charge in [0.2, 0.25) is 5.91 Å². The van der Waals surface area contributed by atoms with E-state index < -0.39 is 0 Å². The smallest absolute Gasteiger partial charge is 0.277 e. The molecule has 0 bridgehead atoms. The minimum absolute atomic E-state index is 0.0176. The van der Waals surface area contributed by atoms with Gasteiger partial charge in [0.05, 0.1) is 5.75 Å². The van der Waals surface area contributed by atoms with E-state index in [1.807, 2.05) is 30.3 Å². The molecular formula is C18H23N3O3S. The highest BCUT2D eigenvalue weighted by Gasteiger charge is 2.23. The van der Waals surface area contributed by atoms with E-state index in [2.05, 4.69) is 22.4 Å². The van der Waals surface area contributed by atoms with E-state index in [9.17, 15) is 4.79 Å². The zero-order chi connectivity index (χ0) is 17.5. The number of benzene rings is 1. The van der Waals surface area contributed by atoms with Gasteiger partial charge in [0.25, 0.3) is 11.1 Å². The van der Waals surface area contributed by atoms with Crippen LogP contribution in [0.15, 0.2) is 40.0 Å². The van der Waals surface area contributed by atoms with E-state index in [1.54, 1.807) is 0 Å². The van der Waals surface area contributed by atoms with E-state index in [0.29, 0.717) is 23.1 Å². The van der Waals surface area contributed by atoms with Crippen LogP contribution in [0.5, 0.6) is 5.75 Å². The van der Waals surface area contributed by atoms with Crippen LogP contribution in [0.1, 0.15) is 38.5 Å². The van der Waals surface area contributed by atoms with Gasteiger partial charge in [-0.25, -0.2) is 0 Å². The molecule has 1 fully saturated rings. The van der Waals surface area contributed by atoms with E-state index >= 15 is 0 Å². The molecule has 1 aromatic carbocycles. The highest BCUT2D eigenvalue weighted by atomic mass is 32.2. The summed E-state index contributed by atoms with van der Waals surface area (Å²) in [6.45, 7) is 2.41. The molecule has 1 aliphatic rings. The fourth-order valence-electron chi connectivity index (χ4n) is 2.92. The van der Waals surface area contributed by atoms with Crippen molar-refractivity contribution in [2.75, 3.05) is 5.75 Å². The Bertz CT molecular complexity index is 677. The Labute approximate surface area is 151 Å². The maximum atomic E-state index is 12.1. The van der Waals surface area contributed by atoms with Crippen molar-refractivity contribution >= 4 is 17.7 Å². The molecule has 25 heavy (non-hydrogen) atoms. The first kappa shape index (κ1) is 17.8. The third-order valence-electron chi connectivity index (χ3n) is 4.34. The first-order valence-electron chi connectivity index (χ1n) is 8.63. The summed E-state index contributed by atoms with van der Waals surface area (Å²) >= 11 is 1.25. The van der Waals surface area contributed by atoms with Crippen LogP contribution in [0.3, 0.4) is 0 Å². The summed E-state index contributed by atoms with van der Waals surface area (Å²) < 4.78 is 11.1. The van der Waals surface area contributed by atoms with Crippen molar-refractivity contribution in [3.8, 4) is 5.75 Å². The van der Waals surface area contributed by atoms with Gasteiger partial charge in [0, 0.05) is 6.04 Å². The molecule has 0 saturated heterocycles. The highest BCUT2D eigenvalue weighted by Crippen LogP contribution is 2.24. The van der Waals surface area contributed by atoms with Crippen LogP contribution in [0.2, 0.25) is 0 Å². The van der Waals surface area contributed by atoms with Gasteiger partial charge in [0.15, 0.2) is 6.61 Å². The van der Waals surface area contributed by atoms with Gasteiger partial charge < -0.3 is 14.5 Å². The Morgan fingerprint density at radius 1 is 1.28 bits per heavy atom. The van der Waals surface area contributed by atoms with Crippen molar-refractivity contribution in [2.24, 2.45) is 5.92 Å². The maximum absolute atomic E-state index is 12.1. The Hall–Kier alpha value is -2.02. The highest BCUT2D eigenvalue weighted by molar-refractivity contribution is 7.99. The van der Waals surface area contributed by atoms with Crippen LogP contribution in [0, 0.1) is 5.92 Å². The molecule has 1 N–H and O–H groups in total. The molecule has 0 radical (unpaired) electrons. The Morgan fingerprint density at radius 3 is 2.88 bits per heavy atom. The number of hydrogen-bond donors (Lipinski definition) is 1. The molecule has 0 spiro atoms. The number of aromatic nitrogens is 2. The number of carbonyl (C=O) groups is 1. The summed E-state index contributed by atoms with van der Waals surface area (Å²) in [4.78, 5) is 12.1. The number of amides is 1. The van der Waals surface area contributed by atoms with Gasteiger partial charge in [0.1, 0.15) is 5.75 Å². The predicted octanol–water partition coefficient (Wildman–Crippen LogP) is 3.44. The molecule has 2 aromatic rings. The number of nitrogens with one attached hydrogen (secondary N) is 1. The number of para-hydroxylation sites is 1. The lowest BCUT2D eigenvalue weighted by molar-refractivity contribution is -0.119. The lowest BCUT2D eigenvalue weighted by Crippen LogP contribution is -2.41. The molecule has 1 aromatic heterocycles. The molecule has 1 saturated carbocycles. The Kier molecular flexibility index (Phi) is 6.33. The molecule has 1 amide bonds. The van der Waals surface area contributed by atoms with E-state index in [1.165, 1.54) is 31.0 Å². The molecule has 1 aliphatic carbocycles. The molecule has 0 unspecified atom stereocenters. The molecule has 6 nitrogen and oxygen atoms in total. The third kappa shape index (κ3) is 5.49. The number of hydrogen-bond acceptors (Lipinski definition) is 6. The van der Waals surface area contributed by atoms with Gasteiger partial charge >= 0.3 is 0 Å². The zero-order valence-electron chi connectivity index (χ0n) is 14.3. The summed E-state index contributed by atoms with van der Waals surface area (Å²) in [6.07, 6.45) is 4.71. The molecule has 1 heterocycles. The van der Waals surface area contributed by atoms with Crippen LogP contribution in [-0.4, -0.2) is 27.9 Å². The van der Waals surface area contributed by atoms with Gasteiger partial charge in [-0.2, -0.15) is 0 Å². The zero-order valence-corrected chi connectivity index (χ0v) is 15.1. The van der Waals surface area contributed by atoms with Gasteiger partial charge in [-0.3, -0.25) is 4.79 Å². The maximum Gasteiger partial charge on any atom is 0.277 e. The number of rotatable bonds is 7.